The van der Waals surface area contributed by atoms with Crippen molar-refractivity contribution in [3.05, 3.63) is 53.6 Å². The molecule has 0 unspecified atom stereocenters. The minimum atomic E-state index is -0.131. The number of thioether (sulfide) groups is 1. The molecule has 0 radical (unpaired) electrons. The minimum absolute atomic E-state index is 0.131. The van der Waals surface area contributed by atoms with Crippen molar-refractivity contribution in [2.75, 3.05) is 16.8 Å². The Morgan fingerprint density at radius 1 is 1.16 bits per heavy atom. The van der Waals surface area contributed by atoms with Crippen LogP contribution >= 0.6 is 23.4 Å². The Bertz CT molecular complexity index is 555. The molecule has 0 aromatic heterocycles. The van der Waals surface area contributed by atoms with Crippen LogP contribution in [0.2, 0.25) is 5.02 Å². The number of carbonyl (C=O) groups excluding carboxylic acids is 1. The van der Waals surface area contributed by atoms with Gasteiger partial charge in [0, 0.05) is 4.90 Å². The van der Waals surface area contributed by atoms with E-state index in [1.807, 2.05) is 30.3 Å². The van der Waals surface area contributed by atoms with Crippen LogP contribution in [0.4, 0.5) is 11.4 Å². The molecule has 1 amide bonds. The Kier molecular flexibility index (Phi) is 4.71. The first kappa shape index (κ1) is 13.8. The third-order valence-electron chi connectivity index (χ3n) is 2.42. The summed E-state index contributed by atoms with van der Waals surface area (Å²) in [6.45, 7) is 0. The molecule has 0 aliphatic rings. The van der Waals surface area contributed by atoms with E-state index in [9.17, 15) is 4.79 Å². The molecule has 19 heavy (non-hydrogen) atoms. The van der Waals surface area contributed by atoms with Crippen LogP contribution in [0.25, 0.3) is 0 Å². The van der Waals surface area contributed by atoms with Gasteiger partial charge in [-0.15, -0.1) is 11.8 Å². The van der Waals surface area contributed by atoms with E-state index in [-0.39, 0.29) is 5.91 Å². The Labute approximate surface area is 121 Å². The van der Waals surface area contributed by atoms with Gasteiger partial charge in [0.1, 0.15) is 0 Å². The summed E-state index contributed by atoms with van der Waals surface area (Å²) in [6, 6.07) is 14.9. The van der Waals surface area contributed by atoms with E-state index in [1.54, 1.807) is 18.2 Å². The second kappa shape index (κ2) is 6.50. The lowest BCUT2D eigenvalue weighted by atomic mass is 10.2. The van der Waals surface area contributed by atoms with Crippen molar-refractivity contribution < 1.29 is 4.79 Å². The van der Waals surface area contributed by atoms with Gasteiger partial charge in [-0.1, -0.05) is 35.9 Å². The molecule has 0 bridgehead atoms. The van der Waals surface area contributed by atoms with Gasteiger partial charge in [-0.2, -0.15) is 0 Å². The normalized spacial score (nSPS) is 10.2. The maximum absolute atomic E-state index is 11.8. The Morgan fingerprint density at radius 3 is 2.58 bits per heavy atom. The fourth-order valence-corrected chi connectivity index (χ4v) is 2.46. The van der Waals surface area contributed by atoms with Crippen LogP contribution in [-0.4, -0.2) is 11.7 Å². The van der Waals surface area contributed by atoms with Gasteiger partial charge in [-0.25, -0.2) is 0 Å². The molecule has 0 aliphatic heterocycles. The highest BCUT2D eigenvalue weighted by atomic mass is 35.5. The van der Waals surface area contributed by atoms with Crippen LogP contribution in [0.3, 0.4) is 0 Å². The van der Waals surface area contributed by atoms with Gasteiger partial charge in [0.05, 0.1) is 22.2 Å². The molecule has 2 aromatic rings. The fraction of sp³-hybridized carbons (Fsp3) is 0.0714. The largest absolute Gasteiger partial charge is 0.397 e. The number of nitrogen functional groups attached to an aromatic ring is 1. The van der Waals surface area contributed by atoms with Crippen LogP contribution < -0.4 is 11.1 Å². The Morgan fingerprint density at radius 2 is 1.89 bits per heavy atom. The van der Waals surface area contributed by atoms with E-state index >= 15 is 0 Å². The van der Waals surface area contributed by atoms with Gasteiger partial charge in [0.2, 0.25) is 5.91 Å². The van der Waals surface area contributed by atoms with Gasteiger partial charge >= 0.3 is 0 Å². The summed E-state index contributed by atoms with van der Waals surface area (Å²) in [4.78, 5) is 12.9. The number of benzene rings is 2. The molecule has 0 spiro atoms. The number of hydrogen-bond donors (Lipinski definition) is 2. The number of para-hydroxylation sites is 1. The molecular formula is C14H13ClN2OS. The number of hydrogen-bond acceptors (Lipinski definition) is 3. The average Bonchev–Trinajstić information content (AvgIpc) is 2.42. The van der Waals surface area contributed by atoms with E-state index in [4.69, 9.17) is 17.3 Å². The van der Waals surface area contributed by atoms with Crippen molar-refractivity contribution in [1.29, 1.82) is 0 Å². The SMILES string of the molecule is Nc1cccc(Cl)c1NC(=O)CSc1ccccc1. The topological polar surface area (TPSA) is 55.1 Å². The summed E-state index contributed by atoms with van der Waals surface area (Å²) >= 11 is 7.45. The molecule has 0 heterocycles. The van der Waals surface area contributed by atoms with E-state index in [0.29, 0.717) is 22.2 Å². The number of carbonyl (C=O) groups is 1. The molecular weight excluding hydrogens is 280 g/mol. The molecule has 0 saturated heterocycles. The highest BCUT2D eigenvalue weighted by molar-refractivity contribution is 8.00. The summed E-state index contributed by atoms with van der Waals surface area (Å²) < 4.78 is 0. The number of rotatable bonds is 4. The van der Waals surface area contributed by atoms with E-state index in [1.165, 1.54) is 11.8 Å². The number of nitrogens with two attached hydrogens (primary N) is 1. The maximum Gasteiger partial charge on any atom is 0.234 e. The molecule has 0 fully saturated rings. The van der Waals surface area contributed by atoms with Crippen LogP contribution in [0.15, 0.2) is 53.4 Å². The van der Waals surface area contributed by atoms with Crippen molar-refractivity contribution in [1.82, 2.24) is 0 Å². The van der Waals surface area contributed by atoms with E-state index in [0.717, 1.165) is 4.90 Å². The lowest BCUT2D eigenvalue weighted by Crippen LogP contribution is -2.15. The van der Waals surface area contributed by atoms with Crippen LogP contribution in [0.5, 0.6) is 0 Å². The predicted molar refractivity (Wildman–Crippen MR) is 81.7 cm³/mol. The van der Waals surface area contributed by atoms with Gasteiger partial charge in [0.25, 0.3) is 0 Å². The first-order chi connectivity index (χ1) is 9.16. The summed E-state index contributed by atoms with van der Waals surface area (Å²) in [5, 5.41) is 3.17. The predicted octanol–water partition coefficient (Wildman–Crippen LogP) is 3.65. The van der Waals surface area contributed by atoms with Crippen LogP contribution in [0.1, 0.15) is 0 Å². The number of nitrogens with one attached hydrogen (secondary N) is 1. The van der Waals surface area contributed by atoms with Crippen molar-refractivity contribution in [3.63, 3.8) is 0 Å². The Balaban J connectivity index is 1.95. The third-order valence-corrected chi connectivity index (χ3v) is 3.75. The highest BCUT2D eigenvalue weighted by Crippen LogP contribution is 2.28. The van der Waals surface area contributed by atoms with Crippen molar-refractivity contribution in [2.24, 2.45) is 0 Å². The highest BCUT2D eigenvalue weighted by Gasteiger charge is 2.09. The van der Waals surface area contributed by atoms with E-state index < -0.39 is 0 Å². The molecule has 98 valence electrons. The second-order valence-corrected chi connectivity index (χ2v) is 5.31. The summed E-state index contributed by atoms with van der Waals surface area (Å²) in [5.74, 6) is 0.183. The van der Waals surface area contributed by atoms with Gasteiger partial charge in [-0.3, -0.25) is 4.79 Å². The number of amides is 1. The first-order valence-corrected chi connectivity index (χ1v) is 7.05. The van der Waals surface area contributed by atoms with Crippen LogP contribution in [0, 0.1) is 0 Å². The average molecular weight is 293 g/mol. The van der Waals surface area contributed by atoms with E-state index in [2.05, 4.69) is 5.32 Å². The van der Waals surface area contributed by atoms with Gasteiger partial charge in [-0.05, 0) is 24.3 Å². The smallest absolute Gasteiger partial charge is 0.234 e. The van der Waals surface area contributed by atoms with Crippen LogP contribution in [-0.2, 0) is 4.79 Å². The van der Waals surface area contributed by atoms with Crippen molar-refractivity contribution >= 4 is 40.6 Å². The molecule has 0 aliphatic carbocycles. The first-order valence-electron chi connectivity index (χ1n) is 5.68. The van der Waals surface area contributed by atoms with Crippen molar-refractivity contribution in [2.45, 2.75) is 4.90 Å². The standard InChI is InChI=1S/C14H13ClN2OS/c15-11-7-4-8-12(16)14(11)17-13(18)9-19-10-5-2-1-3-6-10/h1-8H,9,16H2,(H,17,18). The zero-order chi connectivity index (χ0) is 13.7. The molecule has 2 rings (SSSR count). The lowest BCUT2D eigenvalue weighted by molar-refractivity contribution is -0.113. The molecule has 3 nitrogen and oxygen atoms in total. The van der Waals surface area contributed by atoms with Gasteiger partial charge in [0.15, 0.2) is 0 Å². The summed E-state index contributed by atoms with van der Waals surface area (Å²) in [7, 11) is 0. The van der Waals surface area contributed by atoms with Gasteiger partial charge < -0.3 is 11.1 Å². The third kappa shape index (κ3) is 3.91. The molecule has 0 atom stereocenters. The molecule has 2 aromatic carbocycles. The number of halogens is 1. The quantitative estimate of drug-likeness (QED) is 0.668. The summed E-state index contributed by atoms with van der Waals surface area (Å²) in [6.07, 6.45) is 0. The molecule has 3 N–H and O–H groups in total. The minimum Gasteiger partial charge on any atom is -0.397 e. The monoisotopic (exact) mass is 292 g/mol. The lowest BCUT2D eigenvalue weighted by Gasteiger charge is -2.09. The second-order valence-electron chi connectivity index (χ2n) is 3.85. The molecule has 0 saturated carbocycles. The maximum atomic E-state index is 11.8. The number of anilines is 2. The Hall–Kier alpha value is -1.65. The zero-order valence-electron chi connectivity index (χ0n) is 10.1. The summed E-state index contributed by atoms with van der Waals surface area (Å²) in [5.41, 5.74) is 6.71. The zero-order valence-corrected chi connectivity index (χ0v) is 11.7. The fourth-order valence-electron chi connectivity index (χ4n) is 1.51. The molecule has 5 heteroatoms. The van der Waals surface area contributed by atoms with Crippen molar-refractivity contribution in [3.8, 4) is 0 Å².